The highest BCUT2D eigenvalue weighted by Crippen LogP contribution is 2.25. The van der Waals surface area contributed by atoms with E-state index in [1.807, 2.05) is 54.6 Å². The van der Waals surface area contributed by atoms with Crippen molar-refractivity contribution in [1.29, 1.82) is 0 Å². The number of halogens is 1. The Morgan fingerprint density at radius 3 is 2.09 bits per heavy atom. The number of carbonyl (C=O) groups is 1. The summed E-state index contributed by atoms with van der Waals surface area (Å²) >= 11 is 6.26. The molecule has 0 saturated heterocycles. The van der Waals surface area contributed by atoms with E-state index in [4.69, 9.17) is 35.7 Å². The Bertz CT molecular complexity index is 991. The van der Waals surface area contributed by atoms with Gasteiger partial charge in [-0.05, 0) is 54.1 Å². The molecule has 0 heterocycles. The molecule has 0 amide bonds. The molecule has 0 bridgehead atoms. The Morgan fingerprint density at radius 1 is 0.875 bits per heavy atom. The molecule has 6 nitrogen and oxygen atoms in total. The van der Waals surface area contributed by atoms with E-state index in [-0.39, 0.29) is 6.42 Å². The van der Waals surface area contributed by atoms with Gasteiger partial charge < -0.3 is 24.1 Å². The summed E-state index contributed by atoms with van der Waals surface area (Å²) in [7, 11) is 1.36. The first-order valence-corrected chi connectivity index (χ1v) is 10.6. The van der Waals surface area contributed by atoms with Gasteiger partial charge in [0.2, 0.25) is 0 Å². The number of hydrogen-bond donors (Lipinski definition) is 1. The Hall–Kier alpha value is -3.22. The molecule has 3 aromatic rings. The predicted molar refractivity (Wildman–Crippen MR) is 122 cm³/mol. The second-order valence-electron chi connectivity index (χ2n) is 6.96. The highest BCUT2D eigenvalue weighted by molar-refractivity contribution is 6.31. The molecule has 0 aliphatic heterocycles. The Labute approximate surface area is 192 Å². The first-order valence-electron chi connectivity index (χ1n) is 10.2. The molecule has 7 heteroatoms. The van der Waals surface area contributed by atoms with E-state index in [0.29, 0.717) is 36.0 Å². The Morgan fingerprint density at radius 2 is 1.47 bits per heavy atom. The fraction of sp³-hybridized carbons (Fsp3) is 0.240. The summed E-state index contributed by atoms with van der Waals surface area (Å²) in [5.41, 5.74) is 0.691. The normalized spacial score (nSPS) is 11.6. The third-order valence-corrected chi connectivity index (χ3v) is 4.97. The lowest BCUT2D eigenvalue weighted by molar-refractivity contribution is -0.148. The zero-order chi connectivity index (χ0) is 22.8. The molecular weight excluding hydrogens is 432 g/mol. The molecule has 0 aliphatic rings. The standard InChI is InChI=1S/C25H25ClO6/c1-29-24(25(27)28)16-18-8-9-22(17-23(18)26)31-15-5-14-30-19-10-12-21(13-11-19)32-20-6-3-2-4-7-20/h2-4,6-13,17,24H,5,14-16H2,1H3,(H,27,28). The second-order valence-corrected chi connectivity index (χ2v) is 7.36. The summed E-state index contributed by atoms with van der Waals surface area (Å²) in [6.45, 7) is 0.958. The summed E-state index contributed by atoms with van der Waals surface area (Å²) in [5, 5.41) is 9.54. The number of methoxy groups -OCH3 is 1. The van der Waals surface area contributed by atoms with E-state index < -0.39 is 12.1 Å². The van der Waals surface area contributed by atoms with Gasteiger partial charge in [0.05, 0.1) is 13.2 Å². The molecule has 1 N–H and O–H groups in total. The molecule has 0 aliphatic carbocycles. The van der Waals surface area contributed by atoms with Crippen LogP contribution in [0.3, 0.4) is 0 Å². The van der Waals surface area contributed by atoms with Crippen LogP contribution >= 0.6 is 11.6 Å². The second kappa shape index (κ2) is 12.0. The summed E-state index contributed by atoms with van der Waals surface area (Å²) in [4.78, 5) is 11.1. The van der Waals surface area contributed by atoms with Gasteiger partial charge >= 0.3 is 5.97 Å². The number of para-hydroxylation sites is 1. The zero-order valence-corrected chi connectivity index (χ0v) is 18.5. The number of benzene rings is 3. The van der Waals surface area contributed by atoms with Crippen molar-refractivity contribution in [3.8, 4) is 23.0 Å². The average molecular weight is 457 g/mol. The van der Waals surface area contributed by atoms with Crippen LogP contribution in [0.1, 0.15) is 12.0 Å². The molecule has 0 spiro atoms. The van der Waals surface area contributed by atoms with Crippen molar-refractivity contribution in [2.75, 3.05) is 20.3 Å². The molecule has 168 valence electrons. The number of hydrogen-bond acceptors (Lipinski definition) is 5. The van der Waals surface area contributed by atoms with Gasteiger partial charge in [0.15, 0.2) is 6.10 Å². The van der Waals surface area contributed by atoms with Gasteiger partial charge in [-0.25, -0.2) is 4.79 Å². The van der Waals surface area contributed by atoms with Gasteiger partial charge in [-0.3, -0.25) is 0 Å². The lowest BCUT2D eigenvalue weighted by Gasteiger charge is -2.13. The van der Waals surface area contributed by atoms with Crippen molar-refractivity contribution in [2.24, 2.45) is 0 Å². The highest BCUT2D eigenvalue weighted by Gasteiger charge is 2.18. The molecule has 1 atom stereocenters. The van der Waals surface area contributed by atoms with E-state index in [1.54, 1.807) is 18.2 Å². The van der Waals surface area contributed by atoms with Crippen LogP contribution in [0.5, 0.6) is 23.0 Å². The van der Waals surface area contributed by atoms with Crippen molar-refractivity contribution in [1.82, 2.24) is 0 Å². The number of aliphatic carboxylic acids is 1. The van der Waals surface area contributed by atoms with Crippen molar-refractivity contribution in [3.05, 3.63) is 83.4 Å². The first-order chi connectivity index (χ1) is 15.5. The summed E-state index contributed by atoms with van der Waals surface area (Å²) in [5.74, 6) is 1.87. The van der Waals surface area contributed by atoms with Crippen LogP contribution in [0.4, 0.5) is 0 Å². The van der Waals surface area contributed by atoms with E-state index in [9.17, 15) is 4.79 Å². The third-order valence-electron chi connectivity index (χ3n) is 4.62. The van der Waals surface area contributed by atoms with Gasteiger partial charge in [0.25, 0.3) is 0 Å². The zero-order valence-electron chi connectivity index (χ0n) is 17.7. The van der Waals surface area contributed by atoms with Crippen molar-refractivity contribution in [3.63, 3.8) is 0 Å². The predicted octanol–water partition coefficient (Wildman–Crippen LogP) is 5.62. The fourth-order valence-corrected chi connectivity index (χ4v) is 3.17. The van der Waals surface area contributed by atoms with E-state index >= 15 is 0 Å². The SMILES string of the molecule is COC(Cc1ccc(OCCCOc2ccc(Oc3ccccc3)cc2)cc1Cl)C(=O)O. The first kappa shape index (κ1) is 23.4. The van der Waals surface area contributed by atoms with Crippen molar-refractivity contribution >= 4 is 17.6 Å². The number of carboxylic acids is 1. The van der Waals surface area contributed by atoms with Gasteiger partial charge in [-0.15, -0.1) is 0 Å². The van der Waals surface area contributed by atoms with Crippen molar-refractivity contribution < 1.29 is 28.8 Å². The quantitative estimate of drug-likeness (QED) is 0.356. The summed E-state index contributed by atoms with van der Waals surface area (Å²) < 4.78 is 22.2. The minimum Gasteiger partial charge on any atom is -0.493 e. The van der Waals surface area contributed by atoms with Crippen LogP contribution in [-0.2, 0) is 16.0 Å². The lowest BCUT2D eigenvalue weighted by Crippen LogP contribution is -2.24. The summed E-state index contributed by atoms with van der Waals surface area (Å²) in [6, 6.07) is 22.2. The van der Waals surface area contributed by atoms with Gasteiger partial charge in [0, 0.05) is 25.0 Å². The largest absolute Gasteiger partial charge is 0.493 e. The van der Waals surface area contributed by atoms with Crippen LogP contribution in [0.2, 0.25) is 5.02 Å². The van der Waals surface area contributed by atoms with E-state index in [0.717, 1.165) is 17.2 Å². The number of carboxylic acid groups (broad SMARTS) is 1. The molecule has 1 unspecified atom stereocenters. The van der Waals surface area contributed by atoms with E-state index in [1.165, 1.54) is 7.11 Å². The highest BCUT2D eigenvalue weighted by atomic mass is 35.5. The number of rotatable bonds is 12. The monoisotopic (exact) mass is 456 g/mol. The maximum Gasteiger partial charge on any atom is 0.333 e. The molecule has 0 saturated carbocycles. The molecular formula is C25H25ClO6. The molecule has 0 aromatic heterocycles. The Kier molecular flexibility index (Phi) is 8.78. The van der Waals surface area contributed by atoms with Crippen LogP contribution in [0, 0.1) is 0 Å². The van der Waals surface area contributed by atoms with Crippen LogP contribution in [0.25, 0.3) is 0 Å². The minimum atomic E-state index is -1.03. The smallest absolute Gasteiger partial charge is 0.333 e. The van der Waals surface area contributed by atoms with E-state index in [2.05, 4.69) is 0 Å². The topological polar surface area (TPSA) is 74.2 Å². The molecule has 32 heavy (non-hydrogen) atoms. The maximum atomic E-state index is 11.1. The summed E-state index contributed by atoms with van der Waals surface area (Å²) in [6.07, 6.45) is -0.0595. The van der Waals surface area contributed by atoms with Gasteiger partial charge in [0.1, 0.15) is 23.0 Å². The maximum absolute atomic E-state index is 11.1. The van der Waals surface area contributed by atoms with Crippen LogP contribution in [-0.4, -0.2) is 37.5 Å². The average Bonchev–Trinajstić information content (AvgIpc) is 2.80. The van der Waals surface area contributed by atoms with Gasteiger partial charge in [-0.1, -0.05) is 35.9 Å². The molecule has 0 radical (unpaired) electrons. The van der Waals surface area contributed by atoms with Crippen LogP contribution in [0.15, 0.2) is 72.8 Å². The van der Waals surface area contributed by atoms with Crippen LogP contribution < -0.4 is 14.2 Å². The third kappa shape index (κ3) is 7.18. The number of ether oxygens (including phenoxy) is 4. The Balaban J connectivity index is 1.39. The fourth-order valence-electron chi connectivity index (χ4n) is 2.92. The molecule has 0 fully saturated rings. The minimum absolute atomic E-state index is 0.188. The lowest BCUT2D eigenvalue weighted by atomic mass is 10.1. The van der Waals surface area contributed by atoms with Crippen molar-refractivity contribution in [2.45, 2.75) is 18.9 Å². The van der Waals surface area contributed by atoms with Gasteiger partial charge in [-0.2, -0.15) is 0 Å². The molecule has 3 rings (SSSR count). The molecule has 3 aromatic carbocycles.